The highest BCUT2D eigenvalue weighted by molar-refractivity contribution is 6.35. The summed E-state index contributed by atoms with van der Waals surface area (Å²) in [5, 5.41) is 0. The molecule has 0 unspecified atom stereocenters. The van der Waals surface area contributed by atoms with E-state index in [1.165, 1.54) is 18.7 Å². The Balaban J connectivity index is 2.17. The van der Waals surface area contributed by atoms with E-state index >= 15 is 0 Å². The molecule has 3 rings (SSSR count). The van der Waals surface area contributed by atoms with Crippen molar-refractivity contribution in [3.05, 3.63) is 64.2 Å². The zero-order valence-electron chi connectivity index (χ0n) is 19.0. The average molecular weight is 420 g/mol. The molecule has 0 aromatic heterocycles. The maximum absolute atomic E-state index is 13.6. The zero-order valence-corrected chi connectivity index (χ0v) is 19.0. The summed E-state index contributed by atoms with van der Waals surface area (Å²) in [7, 11) is 0. The predicted molar refractivity (Wildman–Crippen MR) is 121 cm³/mol. The number of fused-ring (bicyclic) bond motifs is 1. The fraction of sp³-hybridized carbons (Fsp3) is 0.385. The molecule has 0 N–H and O–H groups in total. The minimum atomic E-state index is -0.822. The average Bonchev–Trinajstić information content (AvgIpc) is 2.95. The molecule has 1 heterocycles. The van der Waals surface area contributed by atoms with Crippen LogP contribution in [-0.2, 0) is 16.0 Å². The van der Waals surface area contributed by atoms with Crippen LogP contribution in [0.3, 0.4) is 0 Å². The van der Waals surface area contributed by atoms with E-state index in [0.29, 0.717) is 22.4 Å². The third-order valence-corrected chi connectivity index (χ3v) is 5.97. The Morgan fingerprint density at radius 3 is 1.81 bits per heavy atom. The van der Waals surface area contributed by atoms with Gasteiger partial charge in [0.25, 0.3) is 11.8 Å². The van der Waals surface area contributed by atoms with Gasteiger partial charge in [-0.05, 0) is 54.9 Å². The highest BCUT2D eigenvalue weighted by Crippen LogP contribution is 2.40. The third kappa shape index (κ3) is 3.97. The first-order valence-electron chi connectivity index (χ1n) is 10.7. The minimum Gasteiger partial charge on any atom is -0.299 e. The predicted octanol–water partition coefficient (Wildman–Crippen LogP) is 5.07. The zero-order chi connectivity index (χ0) is 23.0. The van der Waals surface area contributed by atoms with E-state index in [1.807, 2.05) is 45.9 Å². The molecule has 0 spiro atoms. The highest BCUT2D eigenvalue weighted by Gasteiger charge is 2.41. The van der Waals surface area contributed by atoms with Crippen molar-refractivity contribution in [3.8, 4) is 0 Å². The standard InChI is InChI=1S/C26H29NO4/c1-14(2)19-10-8-11-20(15(3)4)24(19)27-25(30)21-12-7-9-18(23(21)26(27)31)13-22(16(5)28)17(6)29/h7-12,14-15,22H,13H2,1-6H3. The lowest BCUT2D eigenvalue weighted by atomic mass is 9.89. The van der Waals surface area contributed by atoms with Gasteiger partial charge < -0.3 is 0 Å². The molecule has 5 heteroatoms. The molecule has 0 saturated heterocycles. The fourth-order valence-electron chi connectivity index (χ4n) is 4.29. The summed E-state index contributed by atoms with van der Waals surface area (Å²) >= 11 is 0. The van der Waals surface area contributed by atoms with Crippen LogP contribution in [0.25, 0.3) is 0 Å². The number of hydrogen-bond donors (Lipinski definition) is 0. The van der Waals surface area contributed by atoms with Gasteiger partial charge in [-0.25, -0.2) is 4.90 Å². The van der Waals surface area contributed by atoms with Crippen molar-refractivity contribution >= 4 is 29.1 Å². The molecule has 5 nitrogen and oxygen atoms in total. The molecule has 0 bridgehead atoms. The topological polar surface area (TPSA) is 71.5 Å². The Morgan fingerprint density at radius 2 is 1.32 bits per heavy atom. The summed E-state index contributed by atoms with van der Waals surface area (Å²) < 4.78 is 0. The van der Waals surface area contributed by atoms with Gasteiger partial charge in [0.05, 0.1) is 22.7 Å². The quantitative estimate of drug-likeness (QED) is 0.464. The van der Waals surface area contributed by atoms with Crippen molar-refractivity contribution in [2.45, 2.75) is 59.8 Å². The number of amides is 2. The Hall–Kier alpha value is -3.08. The molecule has 0 radical (unpaired) electrons. The van der Waals surface area contributed by atoms with E-state index in [1.54, 1.807) is 18.2 Å². The summed E-state index contributed by atoms with van der Waals surface area (Å²) in [5.74, 6) is -1.82. The lowest BCUT2D eigenvalue weighted by molar-refractivity contribution is -0.130. The second-order valence-corrected chi connectivity index (χ2v) is 8.86. The van der Waals surface area contributed by atoms with Crippen molar-refractivity contribution in [2.75, 3.05) is 4.90 Å². The number of Topliss-reactive ketones (excluding diaryl/α,β-unsaturated/α-hetero) is 2. The number of nitrogens with zero attached hydrogens (tertiary/aromatic N) is 1. The van der Waals surface area contributed by atoms with E-state index in [9.17, 15) is 19.2 Å². The largest absolute Gasteiger partial charge is 0.299 e. The van der Waals surface area contributed by atoms with Gasteiger partial charge in [-0.1, -0.05) is 58.0 Å². The molecule has 0 aliphatic carbocycles. The van der Waals surface area contributed by atoms with Crippen LogP contribution in [0.2, 0.25) is 0 Å². The van der Waals surface area contributed by atoms with Gasteiger partial charge in [-0.2, -0.15) is 0 Å². The van der Waals surface area contributed by atoms with E-state index in [-0.39, 0.29) is 35.7 Å². The normalized spacial score (nSPS) is 13.5. The van der Waals surface area contributed by atoms with E-state index < -0.39 is 11.8 Å². The molecular weight excluding hydrogens is 390 g/mol. The Bertz CT molecular complexity index is 1040. The second-order valence-electron chi connectivity index (χ2n) is 8.86. The first kappa shape index (κ1) is 22.6. The van der Waals surface area contributed by atoms with Crippen LogP contribution in [0.4, 0.5) is 5.69 Å². The molecule has 31 heavy (non-hydrogen) atoms. The number of para-hydroxylation sites is 1. The molecule has 2 amide bonds. The molecule has 1 aliphatic rings. The first-order chi connectivity index (χ1) is 14.6. The van der Waals surface area contributed by atoms with Crippen LogP contribution in [-0.4, -0.2) is 23.4 Å². The van der Waals surface area contributed by atoms with Crippen LogP contribution < -0.4 is 4.90 Å². The van der Waals surface area contributed by atoms with Gasteiger partial charge in [0.1, 0.15) is 11.6 Å². The van der Waals surface area contributed by atoms with E-state index in [4.69, 9.17) is 0 Å². The lowest BCUT2D eigenvalue weighted by Gasteiger charge is -2.25. The fourth-order valence-corrected chi connectivity index (χ4v) is 4.29. The molecule has 2 aromatic rings. The van der Waals surface area contributed by atoms with Crippen LogP contribution in [0, 0.1) is 5.92 Å². The number of benzene rings is 2. The van der Waals surface area contributed by atoms with Gasteiger partial charge in [0, 0.05) is 0 Å². The molecule has 0 fully saturated rings. The Labute approximate surface area is 183 Å². The number of carbonyl (C=O) groups excluding carboxylic acids is 4. The van der Waals surface area contributed by atoms with Crippen LogP contribution >= 0.6 is 0 Å². The van der Waals surface area contributed by atoms with Gasteiger partial charge >= 0.3 is 0 Å². The molecule has 0 atom stereocenters. The van der Waals surface area contributed by atoms with Gasteiger partial charge in [-0.15, -0.1) is 0 Å². The van der Waals surface area contributed by atoms with Gasteiger partial charge in [0.15, 0.2) is 0 Å². The number of imide groups is 1. The van der Waals surface area contributed by atoms with Gasteiger partial charge in [0.2, 0.25) is 0 Å². The minimum absolute atomic E-state index is 0.115. The number of rotatable bonds is 7. The smallest absolute Gasteiger partial charge is 0.266 e. The van der Waals surface area contributed by atoms with Crippen molar-refractivity contribution < 1.29 is 19.2 Å². The SMILES string of the molecule is CC(=O)C(Cc1cccc2c1C(=O)N(c1c(C(C)C)cccc1C(C)C)C2=O)C(C)=O. The number of anilines is 1. The Morgan fingerprint density at radius 1 is 0.806 bits per heavy atom. The molecule has 1 aliphatic heterocycles. The van der Waals surface area contributed by atoms with Crippen molar-refractivity contribution in [2.24, 2.45) is 5.92 Å². The van der Waals surface area contributed by atoms with Crippen LogP contribution in [0.15, 0.2) is 36.4 Å². The van der Waals surface area contributed by atoms with Crippen LogP contribution in [0.1, 0.15) is 90.8 Å². The van der Waals surface area contributed by atoms with Crippen LogP contribution in [0.5, 0.6) is 0 Å². The third-order valence-electron chi connectivity index (χ3n) is 5.97. The number of ketones is 2. The lowest BCUT2D eigenvalue weighted by Crippen LogP contribution is -2.32. The summed E-state index contributed by atoms with van der Waals surface area (Å²) in [4.78, 5) is 52.3. The first-order valence-corrected chi connectivity index (χ1v) is 10.7. The summed E-state index contributed by atoms with van der Waals surface area (Å²) in [6.45, 7) is 10.9. The summed E-state index contributed by atoms with van der Waals surface area (Å²) in [6, 6.07) is 10.9. The molecule has 162 valence electrons. The highest BCUT2D eigenvalue weighted by atomic mass is 16.2. The monoisotopic (exact) mass is 419 g/mol. The second kappa shape index (κ2) is 8.58. The summed E-state index contributed by atoms with van der Waals surface area (Å²) in [5.41, 5.74) is 3.70. The van der Waals surface area contributed by atoms with Crippen molar-refractivity contribution in [1.29, 1.82) is 0 Å². The maximum atomic E-state index is 13.6. The van der Waals surface area contributed by atoms with E-state index in [0.717, 1.165) is 11.1 Å². The van der Waals surface area contributed by atoms with Crippen molar-refractivity contribution in [1.82, 2.24) is 0 Å². The molecular formula is C26H29NO4. The Kier molecular flexibility index (Phi) is 6.25. The maximum Gasteiger partial charge on any atom is 0.266 e. The summed E-state index contributed by atoms with van der Waals surface area (Å²) in [6.07, 6.45) is 0.115. The molecule has 2 aromatic carbocycles. The van der Waals surface area contributed by atoms with Gasteiger partial charge in [-0.3, -0.25) is 19.2 Å². The van der Waals surface area contributed by atoms with Crippen molar-refractivity contribution in [3.63, 3.8) is 0 Å². The van der Waals surface area contributed by atoms with E-state index in [2.05, 4.69) is 0 Å². The number of carbonyl (C=O) groups is 4. The molecule has 0 saturated carbocycles. The number of hydrogen-bond acceptors (Lipinski definition) is 4.